The Morgan fingerprint density at radius 1 is 1.42 bits per heavy atom. The second-order valence-electron chi connectivity index (χ2n) is 4.86. The first kappa shape index (κ1) is 12.3. The highest BCUT2D eigenvalue weighted by Crippen LogP contribution is 2.28. The van der Waals surface area contributed by atoms with E-state index in [1.165, 1.54) is 0 Å². The Morgan fingerprint density at radius 3 is 3.16 bits per heavy atom. The van der Waals surface area contributed by atoms with E-state index in [0.29, 0.717) is 13.1 Å². The standard InChI is InChI=1S/C14H18N2O3/c17-14(16-8-10-4-3-7-18-10)13-9-15-11-5-1-2-6-12(11)19-13/h1-2,5-6,10,13,15H,3-4,7-9H2,(H,16,17). The largest absolute Gasteiger partial charge is 0.477 e. The smallest absolute Gasteiger partial charge is 0.263 e. The average Bonchev–Trinajstić information content (AvgIpc) is 2.97. The second kappa shape index (κ2) is 5.48. The summed E-state index contributed by atoms with van der Waals surface area (Å²) in [7, 11) is 0. The van der Waals surface area contributed by atoms with Crippen LogP contribution in [0.5, 0.6) is 5.75 Å². The molecule has 0 saturated carbocycles. The van der Waals surface area contributed by atoms with E-state index in [1.54, 1.807) is 0 Å². The van der Waals surface area contributed by atoms with Gasteiger partial charge in [-0.25, -0.2) is 0 Å². The van der Waals surface area contributed by atoms with E-state index in [4.69, 9.17) is 9.47 Å². The Labute approximate surface area is 112 Å². The lowest BCUT2D eigenvalue weighted by Gasteiger charge is -2.26. The third-order valence-corrected chi connectivity index (χ3v) is 3.45. The summed E-state index contributed by atoms with van der Waals surface area (Å²) in [6, 6.07) is 7.64. The number of hydrogen-bond donors (Lipinski definition) is 2. The highest BCUT2D eigenvalue weighted by Gasteiger charge is 2.26. The van der Waals surface area contributed by atoms with E-state index in [0.717, 1.165) is 30.9 Å². The SMILES string of the molecule is O=C(NCC1CCCO1)C1CNc2ccccc2O1. The molecule has 2 unspecified atom stereocenters. The van der Waals surface area contributed by atoms with Gasteiger partial charge in [-0.2, -0.15) is 0 Å². The Bertz CT molecular complexity index is 458. The minimum atomic E-state index is -0.476. The molecular weight excluding hydrogens is 244 g/mol. The van der Waals surface area contributed by atoms with Gasteiger partial charge in [0.1, 0.15) is 5.75 Å². The van der Waals surface area contributed by atoms with E-state index in [1.807, 2.05) is 24.3 Å². The number of nitrogens with one attached hydrogen (secondary N) is 2. The number of amides is 1. The maximum Gasteiger partial charge on any atom is 0.263 e. The van der Waals surface area contributed by atoms with Crippen LogP contribution < -0.4 is 15.4 Å². The van der Waals surface area contributed by atoms with Crippen LogP contribution in [0.25, 0.3) is 0 Å². The van der Waals surface area contributed by atoms with Gasteiger partial charge in [0, 0.05) is 13.2 Å². The van der Waals surface area contributed by atoms with Crippen molar-refractivity contribution < 1.29 is 14.3 Å². The normalized spacial score (nSPS) is 25.1. The molecule has 2 aliphatic rings. The summed E-state index contributed by atoms with van der Waals surface area (Å²) in [4.78, 5) is 12.0. The Kier molecular flexibility index (Phi) is 3.55. The van der Waals surface area contributed by atoms with Crippen molar-refractivity contribution in [3.8, 4) is 5.75 Å². The molecule has 1 aromatic rings. The Hall–Kier alpha value is -1.75. The van der Waals surface area contributed by atoms with Crippen molar-refractivity contribution >= 4 is 11.6 Å². The lowest BCUT2D eigenvalue weighted by molar-refractivity contribution is -0.128. The number of carbonyl (C=O) groups excluding carboxylic acids is 1. The number of hydrogen-bond acceptors (Lipinski definition) is 4. The molecule has 5 nitrogen and oxygen atoms in total. The van der Waals surface area contributed by atoms with Gasteiger partial charge in [0.05, 0.1) is 18.3 Å². The summed E-state index contributed by atoms with van der Waals surface area (Å²) in [5.41, 5.74) is 0.936. The molecule has 1 fully saturated rings. The van der Waals surface area contributed by atoms with Gasteiger partial charge in [-0.1, -0.05) is 12.1 Å². The third kappa shape index (κ3) is 2.81. The summed E-state index contributed by atoms with van der Waals surface area (Å²) in [6.45, 7) is 1.87. The molecule has 2 N–H and O–H groups in total. The van der Waals surface area contributed by atoms with Gasteiger partial charge < -0.3 is 20.1 Å². The molecule has 2 heterocycles. The third-order valence-electron chi connectivity index (χ3n) is 3.45. The van der Waals surface area contributed by atoms with Crippen molar-refractivity contribution in [3.63, 3.8) is 0 Å². The number of para-hydroxylation sites is 2. The fourth-order valence-electron chi connectivity index (χ4n) is 2.39. The van der Waals surface area contributed by atoms with Crippen molar-refractivity contribution in [3.05, 3.63) is 24.3 Å². The van der Waals surface area contributed by atoms with Crippen LogP contribution in [0.2, 0.25) is 0 Å². The Balaban J connectivity index is 1.54. The minimum Gasteiger partial charge on any atom is -0.477 e. The quantitative estimate of drug-likeness (QED) is 0.858. The van der Waals surface area contributed by atoms with E-state index in [2.05, 4.69) is 10.6 Å². The topological polar surface area (TPSA) is 59.6 Å². The molecule has 19 heavy (non-hydrogen) atoms. The highest BCUT2D eigenvalue weighted by molar-refractivity contribution is 5.83. The first-order chi connectivity index (χ1) is 9.33. The number of benzene rings is 1. The van der Waals surface area contributed by atoms with Crippen molar-refractivity contribution in [1.82, 2.24) is 5.32 Å². The van der Waals surface area contributed by atoms with Gasteiger partial charge in [0.25, 0.3) is 5.91 Å². The molecule has 3 rings (SSSR count). The van der Waals surface area contributed by atoms with Crippen LogP contribution in [0.15, 0.2) is 24.3 Å². The number of anilines is 1. The van der Waals surface area contributed by atoms with Crippen molar-refractivity contribution in [1.29, 1.82) is 0 Å². The van der Waals surface area contributed by atoms with Crippen LogP contribution in [0, 0.1) is 0 Å². The molecule has 1 amide bonds. The fraction of sp³-hybridized carbons (Fsp3) is 0.500. The van der Waals surface area contributed by atoms with Crippen LogP contribution in [-0.2, 0) is 9.53 Å². The van der Waals surface area contributed by atoms with Gasteiger partial charge in [-0.05, 0) is 25.0 Å². The highest BCUT2D eigenvalue weighted by atomic mass is 16.5. The van der Waals surface area contributed by atoms with E-state index in [-0.39, 0.29) is 12.0 Å². The monoisotopic (exact) mass is 262 g/mol. The van der Waals surface area contributed by atoms with Crippen LogP contribution in [-0.4, -0.2) is 37.8 Å². The first-order valence-corrected chi connectivity index (χ1v) is 6.72. The maximum absolute atomic E-state index is 12.0. The van der Waals surface area contributed by atoms with Gasteiger partial charge in [0.15, 0.2) is 6.10 Å². The first-order valence-electron chi connectivity index (χ1n) is 6.72. The van der Waals surface area contributed by atoms with Crippen LogP contribution >= 0.6 is 0 Å². The second-order valence-corrected chi connectivity index (χ2v) is 4.86. The summed E-state index contributed by atoms with van der Waals surface area (Å²) in [6.07, 6.45) is 1.78. The van der Waals surface area contributed by atoms with Gasteiger partial charge >= 0.3 is 0 Å². The van der Waals surface area contributed by atoms with Crippen molar-refractivity contribution in [2.24, 2.45) is 0 Å². The molecule has 1 aromatic carbocycles. The lowest BCUT2D eigenvalue weighted by Crippen LogP contribution is -2.46. The van der Waals surface area contributed by atoms with E-state index < -0.39 is 6.10 Å². The van der Waals surface area contributed by atoms with Crippen molar-refractivity contribution in [2.75, 3.05) is 25.0 Å². The molecule has 0 spiro atoms. The Morgan fingerprint density at radius 2 is 2.32 bits per heavy atom. The molecule has 0 radical (unpaired) electrons. The number of carbonyl (C=O) groups is 1. The number of rotatable bonds is 3. The van der Waals surface area contributed by atoms with E-state index >= 15 is 0 Å². The minimum absolute atomic E-state index is 0.0856. The van der Waals surface area contributed by atoms with Crippen LogP contribution in [0.4, 0.5) is 5.69 Å². The zero-order chi connectivity index (χ0) is 13.1. The fourth-order valence-corrected chi connectivity index (χ4v) is 2.39. The molecule has 0 aliphatic carbocycles. The molecule has 0 aromatic heterocycles. The summed E-state index contributed by atoms with van der Waals surface area (Å²) >= 11 is 0. The molecule has 5 heteroatoms. The predicted molar refractivity (Wildman–Crippen MR) is 71.3 cm³/mol. The molecule has 2 aliphatic heterocycles. The summed E-state index contributed by atoms with van der Waals surface area (Å²) in [5.74, 6) is 0.642. The number of ether oxygens (including phenoxy) is 2. The van der Waals surface area contributed by atoms with Crippen LogP contribution in [0.3, 0.4) is 0 Å². The lowest BCUT2D eigenvalue weighted by atomic mass is 10.2. The van der Waals surface area contributed by atoms with Gasteiger partial charge in [0.2, 0.25) is 0 Å². The summed E-state index contributed by atoms with van der Waals surface area (Å²) in [5, 5.41) is 6.10. The zero-order valence-electron chi connectivity index (χ0n) is 10.7. The molecule has 2 atom stereocenters. The maximum atomic E-state index is 12.0. The summed E-state index contributed by atoms with van der Waals surface area (Å²) < 4.78 is 11.2. The molecule has 0 bridgehead atoms. The molecule has 102 valence electrons. The van der Waals surface area contributed by atoms with Crippen molar-refractivity contribution in [2.45, 2.75) is 25.0 Å². The van der Waals surface area contributed by atoms with Gasteiger partial charge in [-0.15, -0.1) is 0 Å². The predicted octanol–water partition coefficient (Wildman–Crippen LogP) is 1.15. The average molecular weight is 262 g/mol. The van der Waals surface area contributed by atoms with Crippen LogP contribution in [0.1, 0.15) is 12.8 Å². The molecular formula is C14H18N2O3. The van der Waals surface area contributed by atoms with Gasteiger partial charge in [-0.3, -0.25) is 4.79 Å². The number of fused-ring (bicyclic) bond motifs is 1. The zero-order valence-corrected chi connectivity index (χ0v) is 10.7. The molecule has 1 saturated heterocycles. The van der Waals surface area contributed by atoms with E-state index in [9.17, 15) is 4.79 Å².